The monoisotopic (exact) mass is 295 g/mol. The maximum atomic E-state index is 14.0. The zero-order chi connectivity index (χ0) is 14.8. The molecule has 2 atom stereocenters. The molecule has 2 aliphatic heterocycles. The summed E-state index contributed by atoms with van der Waals surface area (Å²) >= 11 is 0. The van der Waals surface area contributed by atoms with Gasteiger partial charge >= 0.3 is 0 Å². The Morgan fingerprint density at radius 2 is 1.81 bits per heavy atom. The summed E-state index contributed by atoms with van der Waals surface area (Å²) in [4.78, 5) is 4.65. The number of benzene rings is 1. The highest BCUT2D eigenvalue weighted by Gasteiger charge is 2.34. The summed E-state index contributed by atoms with van der Waals surface area (Å²) in [6, 6.07) is 4.18. The molecule has 1 aromatic carbocycles. The van der Waals surface area contributed by atoms with E-state index in [0.29, 0.717) is 6.04 Å². The molecule has 2 unspecified atom stereocenters. The summed E-state index contributed by atoms with van der Waals surface area (Å²) < 4.78 is 28.0. The molecule has 21 heavy (non-hydrogen) atoms. The van der Waals surface area contributed by atoms with Crippen LogP contribution in [0.25, 0.3) is 0 Å². The molecule has 0 spiro atoms. The van der Waals surface area contributed by atoms with E-state index in [4.69, 9.17) is 5.73 Å². The van der Waals surface area contributed by atoms with Crippen LogP contribution in [0.4, 0.5) is 8.78 Å². The van der Waals surface area contributed by atoms with Crippen molar-refractivity contribution in [3.8, 4) is 0 Å². The molecule has 3 nitrogen and oxygen atoms in total. The molecule has 0 amide bonds. The molecule has 2 saturated heterocycles. The van der Waals surface area contributed by atoms with Crippen LogP contribution < -0.4 is 5.73 Å². The van der Waals surface area contributed by atoms with Gasteiger partial charge in [0.25, 0.3) is 0 Å². The van der Waals surface area contributed by atoms with Crippen molar-refractivity contribution in [2.24, 2.45) is 5.73 Å². The fourth-order valence-corrected chi connectivity index (χ4v) is 3.73. The second-order valence-corrected chi connectivity index (χ2v) is 6.07. The molecule has 0 aliphatic carbocycles. The number of likely N-dealkylation sites (tertiary alicyclic amines) is 2. The largest absolute Gasteiger partial charge is 0.329 e. The van der Waals surface area contributed by atoms with Gasteiger partial charge in [0.05, 0.1) is 6.04 Å². The summed E-state index contributed by atoms with van der Waals surface area (Å²) in [7, 11) is 0. The minimum Gasteiger partial charge on any atom is -0.329 e. The normalized spacial score (nSPS) is 25.6. The average molecular weight is 295 g/mol. The van der Waals surface area contributed by atoms with Crippen LogP contribution in [0, 0.1) is 11.6 Å². The van der Waals surface area contributed by atoms with E-state index in [1.807, 2.05) is 0 Å². The first-order valence-corrected chi connectivity index (χ1v) is 7.82. The highest BCUT2D eigenvalue weighted by molar-refractivity contribution is 5.24. The zero-order valence-corrected chi connectivity index (χ0v) is 12.3. The van der Waals surface area contributed by atoms with Crippen LogP contribution in [-0.4, -0.2) is 48.6 Å². The molecule has 2 aliphatic rings. The van der Waals surface area contributed by atoms with Crippen molar-refractivity contribution in [1.82, 2.24) is 9.80 Å². The lowest BCUT2D eigenvalue weighted by molar-refractivity contribution is 0.198. The van der Waals surface area contributed by atoms with Crippen LogP contribution in [0.1, 0.15) is 30.9 Å². The molecule has 0 saturated carbocycles. The van der Waals surface area contributed by atoms with Gasteiger partial charge in [-0.1, -0.05) is 6.07 Å². The number of hydrogen-bond donors (Lipinski definition) is 1. The van der Waals surface area contributed by atoms with Crippen molar-refractivity contribution in [2.45, 2.75) is 31.3 Å². The molecule has 0 aromatic heterocycles. The Morgan fingerprint density at radius 3 is 2.43 bits per heavy atom. The molecular formula is C16H23F2N3. The summed E-state index contributed by atoms with van der Waals surface area (Å²) in [6.45, 7) is 4.26. The van der Waals surface area contributed by atoms with Crippen molar-refractivity contribution < 1.29 is 8.78 Å². The van der Waals surface area contributed by atoms with Crippen LogP contribution in [0.3, 0.4) is 0 Å². The first-order valence-electron chi connectivity index (χ1n) is 7.82. The predicted octanol–water partition coefficient (Wildman–Crippen LogP) is 2.13. The first kappa shape index (κ1) is 14.9. The Hall–Kier alpha value is -1.04. The van der Waals surface area contributed by atoms with Gasteiger partial charge in [0.1, 0.15) is 11.6 Å². The number of nitrogens with zero attached hydrogens (tertiary/aromatic N) is 2. The smallest absolute Gasteiger partial charge is 0.130 e. The van der Waals surface area contributed by atoms with E-state index in [-0.39, 0.29) is 18.2 Å². The molecule has 116 valence electrons. The summed E-state index contributed by atoms with van der Waals surface area (Å²) in [5.41, 5.74) is 5.96. The van der Waals surface area contributed by atoms with Gasteiger partial charge in [-0.15, -0.1) is 0 Å². The minimum absolute atomic E-state index is 0.127. The lowest BCUT2D eigenvalue weighted by atomic mass is 10.0. The van der Waals surface area contributed by atoms with E-state index in [2.05, 4.69) is 9.80 Å². The molecule has 0 bridgehead atoms. The number of nitrogens with two attached hydrogens (primary N) is 1. The van der Waals surface area contributed by atoms with Gasteiger partial charge in [0.15, 0.2) is 0 Å². The van der Waals surface area contributed by atoms with Crippen LogP contribution in [-0.2, 0) is 0 Å². The van der Waals surface area contributed by atoms with Crippen molar-refractivity contribution in [2.75, 3.05) is 32.7 Å². The Kier molecular flexibility index (Phi) is 4.52. The summed E-state index contributed by atoms with van der Waals surface area (Å²) in [6.07, 6.45) is 3.59. The van der Waals surface area contributed by atoms with E-state index in [0.717, 1.165) is 32.6 Å². The second-order valence-electron chi connectivity index (χ2n) is 6.07. The van der Waals surface area contributed by atoms with E-state index in [9.17, 15) is 8.78 Å². The number of hydrogen-bond acceptors (Lipinski definition) is 3. The molecule has 2 N–H and O–H groups in total. The number of halogens is 2. The van der Waals surface area contributed by atoms with Gasteiger partial charge in [-0.3, -0.25) is 9.80 Å². The van der Waals surface area contributed by atoms with E-state index in [1.54, 1.807) is 0 Å². The average Bonchev–Trinajstić information content (AvgIpc) is 3.13. The first-order chi connectivity index (χ1) is 10.2. The summed E-state index contributed by atoms with van der Waals surface area (Å²) in [5, 5.41) is 0. The minimum atomic E-state index is -0.491. The topological polar surface area (TPSA) is 32.5 Å². The fourth-order valence-electron chi connectivity index (χ4n) is 3.73. The van der Waals surface area contributed by atoms with Crippen LogP contribution >= 0.6 is 0 Å². The zero-order valence-electron chi connectivity index (χ0n) is 12.3. The highest BCUT2D eigenvalue weighted by Crippen LogP contribution is 2.30. The maximum Gasteiger partial charge on any atom is 0.130 e. The van der Waals surface area contributed by atoms with Gasteiger partial charge in [-0.05, 0) is 44.5 Å². The molecule has 2 heterocycles. The van der Waals surface area contributed by atoms with Crippen LogP contribution in [0.5, 0.6) is 0 Å². The van der Waals surface area contributed by atoms with E-state index < -0.39 is 11.6 Å². The van der Waals surface area contributed by atoms with Crippen LogP contribution in [0.2, 0.25) is 0 Å². The Balaban J connectivity index is 1.75. The summed E-state index contributed by atoms with van der Waals surface area (Å²) in [5.74, 6) is -0.981. The Labute approximate surface area is 124 Å². The standard InChI is InChI=1S/C16H23F2N3/c17-13-4-3-5-14(18)16(13)15(10-19)21-9-6-12(11-21)20-7-1-2-8-20/h3-5,12,15H,1-2,6-11,19H2. The Morgan fingerprint density at radius 1 is 1.14 bits per heavy atom. The van der Waals surface area contributed by atoms with Gasteiger partial charge in [-0.2, -0.15) is 0 Å². The van der Waals surface area contributed by atoms with Crippen molar-refractivity contribution in [3.63, 3.8) is 0 Å². The lowest BCUT2D eigenvalue weighted by Crippen LogP contribution is -2.38. The second kappa shape index (κ2) is 6.38. The fraction of sp³-hybridized carbons (Fsp3) is 0.625. The predicted molar refractivity (Wildman–Crippen MR) is 78.9 cm³/mol. The molecule has 3 rings (SSSR count). The van der Waals surface area contributed by atoms with Crippen molar-refractivity contribution in [3.05, 3.63) is 35.4 Å². The Bertz CT molecular complexity index is 468. The lowest BCUT2D eigenvalue weighted by Gasteiger charge is -2.29. The molecule has 2 fully saturated rings. The van der Waals surface area contributed by atoms with Crippen molar-refractivity contribution >= 4 is 0 Å². The number of rotatable bonds is 4. The van der Waals surface area contributed by atoms with E-state index in [1.165, 1.54) is 31.0 Å². The third-order valence-corrected chi connectivity index (χ3v) is 4.85. The quantitative estimate of drug-likeness (QED) is 0.923. The van der Waals surface area contributed by atoms with E-state index >= 15 is 0 Å². The molecule has 5 heteroatoms. The van der Waals surface area contributed by atoms with Gasteiger partial charge < -0.3 is 5.73 Å². The third kappa shape index (κ3) is 2.96. The van der Waals surface area contributed by atoms with Gasteiger partial charge in [0.2, 0.25) is 0 Å². The van der Waals surface area contributed by atoms with Crippen molar-refractivity contribution in [1.29, 1.82) is 0 Å². The molecule has 1 aromatic rings. The highest BCUT2D eigenvalue weighted by atomic mass is 19.1. The molecule has 0 radical (unpaired) electrons. The van der Waals surface area contributed by atoms with Gasteiger partial charge in [-0.25, -0.2) is 8.78 Å². The maximum absolute atomic E-state index is 14.0. The third-order valence-electron chi connectivity index (χ3n) is 4.85. The molecular weight excluding hydrogens is 272 g/mol. The van der Waals surface area contributed by atoms with Crippen LogP contribution in [0.15, 0.2) is 18.2 Å². The SMILES string of the molecule is NCC(c1c(F)cccc1F)N1CCC(N2CCCC2)C1. The van der Waals surface area contributed by atoms with Gasteiger partial charge in [0, 0.05) is 31.2 Å².